The Bertz CT molecular complexity index is 608. The van der Waals surface area contributed by atoms with Gasteiger partial charge in [-0.05, 0) is 49.8 Å². The number of carbonyl (C=O) groups excluding carboxylic acids is 2. The molecule has 1 aromatic rings. The number of carbonyl (C=O) groups is 2. The molecule has 2 aliphatic rings. The van der Waals surface area contributed by atoms with E-state index in [1.165, 1.54) is 12.8 Å². The maximum absolute atomic E-state index is 12.2. The van der Waals surface area contributed by atoms with Crippen LogP contribution >= 0.6 is 11.6 Å². The van der Waals surface area contributed by atoms with Gasteiger partial charge in [-0.15, -0.1) is 0 Å². The Kier molecular flexibility index (Phi) is 4.87. The number of piperidine rings is 1. The van der Waals surface area contributed by atoms with Crippen molar-refractivity contribution in [2.24, 2.45) is 5.92 Å². The van der Waals surface area contributed by atoms with Gasteiger partial charge in [-0.1, -0.05) is 11.6 Å². The Morgan fingerprint density at radius 3 is 2.57 bits per heavy atom. The van der Waals surface area contributed by atoms with Gasteiger partial charge < -0.3 is 16.0 Å². The lowest BCUT2D eigenvalue weighted by Gasteiger charge is -2.28. The van der Waals surface area contributed by atoms with Crippen molar-refractivity contribution in [1.29, 1.82) is 0 Å². The average molecular weight is 336 g/mol. The Morgan fingerprint density at radius 2 is 1.96 bits per heavy atom. The summed E-state index contributed by atoms with van der Waals surface area (Å²) < 4.78 is 0. The molecule has 6 heteroatoms. The first-order valence-corrected chi connectivity index (χ1v) is 8.50. The highest BCUT2D eigenvalue weighted by Crippen LogP contribution is 2.33. The molecular weight excluding hydrogens is 314 g/mol. The molecule has 2 unspecified atom stereocenters. The molecule has 23 heavy (non-hydrogen) atoms. The lowest BCUT2D eigenvalue weighted by atomic mass is 9.89. The summed E-state index contributed by atoms with van der Waals surface area (Å²) in [5, 5.41) is 9.34. The number of hydrogen-bond acceptors (Lipinski definition) is 3. The normalized spacial score (nSPS) is 25.9. The first-order chi connectivity index (χ1) is 11.0. The van der Waals surface area contributed by atoms with Gasteiger partial charge in [-0.3, -0.25) is 9.59 Å². The fourth-order valence-electron chi connectivity index (χ4n) is 3.73. The van der Waals surface area contributed by atoms with Crippen LogP contribution in [0.5, 0.6) is 0 Å². The highest BCUT2D eigenvalue weighted by atomic mass is 35.5. The van der Waals surface area contributed by atoms with Gasteiger partial charge in [-0.2, -0.15) is 0 Å². The largest absolute Gasteiger partial charge is 0.355 e. The number of hydrogen-bond donors (Lipinski definition) is 3. The number of amides is 2. The van der Waals surface area contributed by atoms with Crippen molar-refractivity contribution in [3.63, 3.8) is 0 Å². The molecule has 5 nitrogen and oxygen atoms in total. The van der Waals surface area contributed by atoms with E-state index in [0.29, 0.717) is 40.7 Å². The number of rotatable bonds is 4. The standard InChI is InChI=1S/C17H22ClN3O2/c1-19-17(23)14-5-4-13(9-15(14)18)21-16(22)8-10-6-11-2-3-12(7-10)20-11/h4-5,9-12,20H,2-3,6-8H2,1H3,(H,19,23)(H,21,22). The van der Waals surface area contributed by atoms with E-state index in [-0.39, 0.29) is 11.8 Å². The summed E-state index contributed by atoms with van der Waals surface area (Å²) in [6, 6.07) is 6.14. The summed E-state index contributed by atoms with van der Waals surface area (Å²) in [5.41, 5.74) is 1.03. The van der Waals surface area contributed by atoms with Gasteiger partial charge in [0.05, 0.1) is 10.6 Å². The predicted octanol–water partition coefficient (Wildman–Crippen LogP) is 2.56. The molecule has 3 N–H and O–H groups in total. The molecule has 0 radical (unpaired) electrons. The molecule has 0 spiro atoms. The third-order valence-electron chi connectivity index (χ3n) is 4.77. The summed E-state index contributed by atoms with van der Waals surface area (Å²) in [7, 11) is 1.56. The fraction of sp³-hybridized carbons (Fsp3) is 0.529. The van der Waals surface area contributed by atoms with Crippen LogP contribution in [0, 0.1) is 5.92 Å². The van der Waals surface area contributed by atoms with E-state index in [1.807, 2.05) is 0 Å². The van der Waals surface area contributed by atoms with Crippen LogP contribution in [-0.2, 0) is 4.79 Å². The summed E-state index contributed by atoms with van der Waals surface area (Å²) in [5.74, 6) is 0.229. The molecule has 0 aliphatic carbocycles. The van der Waals surface area contributed by atoms with E-state index in [9.17, 15) is 9.59 Å². The van der Waals surface area contributed by atoms with E-state index >= 15 is 0 Å². The summed E-state index contributed by atoms with van der Waals surface area (Å²) in [6.07, 6.45) is 5.18. The van der Waals surface area contributed by atoms with Gasteiger partial charge in [-0.25, -0.2) is 0 Å². The Morgan fingerprint density at radius 1 is 1.26 bits per heavy atom. The molecule has 0 saturated carbocycles. The molecule has 2 aliphatic heterocycles. The second-order valence-corrected chi connectivity index (χ2v) is 6.91. The van der Waals surface area contributed by atoms with Gasteiger partial charge in [0.2, 0.25) is 5.91 Å². The van der Waals surface area contributed by atoms with Crippen LogP contribution in [0.2, 0.25) is 5.02 Å². The van der Waals surface area contributed by atoms with Crippen molar-refractivity contribution in [3.05, 3.63) is 28.8 Å². The Labute approximate surface area is 141 Å². The number of nitrogens with one attached hydrogen (secondary N) is 3. The van der Waals surface area contributed by atoms with Crippen LogP contribution in [0.3, 0.4) is 0 Å². The van der Waals surface area contributed by atoms with Gasteiger partial charge in [0.15, 0.2) is 0 Å². The number of fused-ring (bicyclic) bond motifs is 2. The Hall–Kier alpha value is -1.59. The first-order valence-electron chi connectivity index (χ1n) is 8.12. The highest BCUT2D eigenvalue weighted by molar-refractivity contribution is 6.34. The van der Waals surface area contributed by atoms with Crippen LogP contribution < -0.4 is 16.0 Å². The van der Waals surface area contributed by atoms with Gasteiger partial charge in [0, 0.05) is 31.2 Å². The van der Waals surface area contributed by atoms with Crippen molar-refractivity contribution in [2.75, 3.05) is 12.4 Å². The zero-order valence-corrected chi connectivity index (χ0v) is 14.0. The molecule has 2 amide bonds. The molecule has 124 valence electrons. The molecule has 2 bridgehead atoms. The molecule has 2 fully saturated rings. The van der Waals surface area contributed by atoms with Crippen molar-refractivity contribution < 1.29 is 9.59 Å². The molecule has 2 atom stereocenters. The zero-order chi connectivity index (χ0) is 16.4. The Balaban J connectivity index is 1.57. The smallest absolute Gasteiger partial charge is 0.252 e. The monoisotopic (exact) mass is 335 g/mol. The molecule has 2 heterocycles. The van der Waals surface area contributed by atoms with Crippen LogP contribution in [0.1, 0.15) is 42.5 Å². The van der Waals surface area contributed by atoms with Gasteiger partial charge in [0.1, 0.15) is 0 Å². The maximum Gasteiger partial charge on any atom is 0.252 e. The number of halogens is 1. The van der Waals surface area contributed by atoms with Gasteiger partial charge in [0.25, 0.3) is 5.91 Å². The third-order valence-corrected chi connectivity index (χ3v) is 5.08. The van der Waals surface area contributed by atoms with Crippen LogP contribution in [-0.4, -0.2) is 30.9 Å². The van der Waals surface area contributed by atoms with E-state index < -0.39 is 0 Å². The molecule has 2 saturated heterocycles. The summed E-state index contributed by atoms with van der Waals surface area (Å²) in [6.45, 7) is 0. The zero-order valence-electron chi connectivity index (χ0n) is 13.2. The van der Waals surface area contributed by atoms with E-state index in [1.54, 1.807) is 25.2 Å². The predicted molar refractivity (Wildman–Crippen MR) is 90.8 cm³/mol. The van der Waals surface area contributed by atoms with Crippen molar-refractivity contribution >= 4 is 29.1 Å². The molecular formula is C17H22ClN3O2. The topological polar surface area (TPSA) is 70.2 Å². The second-order valence-electron chi connectivity index (χ2n) is 6.50. The SMILES string of the molecule is CNC(=O)c1ccc(NC(=O)CC2CC3CCC(C2)N3)cc1Cl. The fourth-order valence-corrected chi connectivity index (χ4v) is 3.99. The second kappa shape index (κ2) is 6.89. The number of anilines is 1. The highest BCUT2D eigenvalue weighted by Gasteiger charge is 2.34. The molecule has 1 aromatic carbocycles. The van der Waals surface area contributed by atoms with Gasteiger partial charge >= 0.3 is 0 Å². The van der Waals surface area contributed by atoms with Crippen molar-refractivity contribution in [3.8, 4) is 0 Å². The van der Waals surface area contributed by atoms with Crippen molar-refractivity contribution in [2.45, 2.75) is 44.2 Å². The van der Waals surface area contributed by atoms with E-state index in [4.69, 9.17) is 11.6 Å². The van der Waals surface area contributed by atoms with Crippen LogP contribution in [0.15, 0.2) is 18.2 Å². The summed E-state index contributed by atoms with van der Waals surface area (Å²) >= 11 is 6.10. The average Bonchev–Trinajstić information content (AvgIpc) is 2.85. The minimum Gasteiger partial charge on any atom is -0.355 e. The molecule has 3 rings (SSSR count). The minimum atomic E-state index is -0.238. The maximum atomic E-state index is 12.2. The van der Waals surface area contributed by atoms with Crippen LogP contribution in [0.4, 0.5) is 5.69 Å². The molecule has 0 aromatic heterocycles. The van der Waals surface area contributed by atoms with Crippen molar-refractivity contribution in [1.82, 2.24) is 10.6 Å². The lowest BCUT2D eigenvalue weighted by molar-refractivity contribution is -0.117. The van der Waals surface area contributed by atoms with Crippen LogP contribution in [0.25, 0.3) is 0 Å². The number of benzene rings is 1. The quantitative estimate of drug-likeness (QED) is 0.792. The minimum absolute atomic E-state index is 0.0139. The lowest BCUT2D eigenvalue weighted by Crippen LogP contribution is -2.39. The van der Waals surface area contributed by atoms with E-state index in [2.05, 4.69) is 16.0 Å². The summed E-state index contributed by atoms with van der Waals surface area (Å²) in [4.78, 5) is 23.9. The third kappa shape index (κ3) is 3.85. The van der Waals surface area contributed by atoms with E-state index in [0.717, 1.165) is 12.8 Å². The first kappa shape index (κ1) is 16.3.